The second-order valence-electron chi connectivity index (χ2n) is 4.88. The number of nitriles is 1. The third-order valence-corrected chi connectivity index (χ3v) is 4.58. The number of aryl methyl sites for hydroxylation is 1. The van der Waals surface area contributed by atoms with Crippen LogP contribution in [0.3, 0.4) is 0 Å². The number of benzene rings is 2. The van der Waals surface area contributed by atoms with Crippen molar-refractivity contribution in [1.82, 2.24) is 0 Å². The molecule has 0 fully saturated rings. The van der Waals surface area contributed by atoms with Gasteiger partial charge >= 0.3 is 0 Å². The Bertz CT molecular complexity index is 805. The normalized spacial score (nSPS) is 10.9. The largest absolute Gasteiger partial charge is 0.283 e. The molecule has 0 aliphatic rings. The van der Waals surface area contributed by atoms with Crippen LogP contribution in [0.1, 0.15) is 22.3 Å². The molecule has 0 spiro atoms. The van der Waals surface area contributed by atoms with E-state index in [0.29, 0.717) is 16.8 Å². The maximum Gasteiger partial charge on any atom is 0.236 e. The first-order valence-electron chi connectivity index (χ1n) is 6.47. The number of nitrogens with one attached hydrogen (secondary N) is 1. The molecule has 0 amide bonds. The topological polar surface area (TPSA) is 70.0 Å². The van der Waals surface area contributed by atoms with Gasteiger partial charge in [-0.3, -0.25) is 4.72 Å². The maximum absolute atomic E-state index is 12.3. The average molecular weight is 300 g/mol. The Labute approximate surface area is 125 Å². The highest BCUT2D eigenvalue weighted by molar-refractivity contribution is 7.91. The molecule has 0 heterocycles. The van der Waals surface area contributed by atoms with E-state index in [2.05, 4.69) is 4.72 Å². The summed E-state index contributed by atoms with van der Waals surface area (Å²) in [6, 6.07) is 14.2. The molecule has 5 heteroatoms. The highest BCUT2D eigenvalue weighted by atomic mass is 32.2. The van der Waals surface area contributed by atoms with Crippen molar-refractivity contribution in [3.63, 3.8) is 0 Å². The van der Waals surface area contributed by atoms with E-state index < -0.39 is 10.0 Å². The minimum Gasteiger partial charge on any atom is -0.283 e. The van der Waals surface area contributed by atoms with Crippen LogP contribution in [0, 0.1) is 25.2 Å². The Kier molecular flexibility index (Phi) is 4.29. The molecule has 1 N–H and O–H groups in total. The van der Waals surface area contributed by atoms with Crippen LogP contribution in [0.2, 0.25) is 0 Å². The average Bonchev–Trinajstić information content (AvgIpc) is 2.44. The van der Waals surface area contributed by atoms with Crippen molar-refractivity contribution in [2.24, 2.45) is 0 Å². The molecule has 0 aromatic heterocycles. The summed E-state index contributed by atoms with van der Waals surface area (Å²) in [4.78, 5) is 0. The summed E-state index contributed by atoms with van der Waals surface area (Å²) in [5.74, 6) is -0.218. The number of nitrogens with zero attached hydrogens (tertiary/aromatic N) is 1. The molecule has 0 unspecified atom stereocenters. The first-order chi connectivity index (χ1) is 9.93. The van der Waals surface area contributed by atoms with Crippen molar-refractivity contribution in [3.05, 3.63) is 64.7 Å². The van der Waals surface area contributed by atoms with Crippen molar-refractivity contribution in [2.75, 3.05) is 4.72 Å². The number of hydrogen-bond donors (Lipinski definition) is 1. The minimum absolute atomic E-state index is 0.218. The molecule has 0 radical (unpaired) electrons. The quantitative estimate of drug-likeness (QED) is 0.943. The minimum atomic E-state index is -3.56. The summed E-state index contributed by atoms with van der Waals surface area (Å²) in [5.41, 5.74) is 3.37. The van der Waals surface area contributed by atoms with Crippen molar-refractivity contribution in [1.29, 1.82) is 5.26 Å². The van der Waals surface area contributed by atoms with Gasteiger partial charge in [0.15, 0.2) is 0 Å². The molecule has 0 saturated heterocycles. The lowest BCUT2D eigenvalue weighted by molar-refractivity contribution is 0.600. The number of rotatable bonds is 4. The van der Waals surface area contributed by atoms with Gasteiger partial charge in [-0.05, 0) is 42.7 Å². The molecule has 2 aromatic rings. The smallest absolute Gasteiger partial charge is 0.236 e. The zero-order valence-electron chi connectivity index (χ0n) is 11.9. The number of hydrogen-bond acceptors (Lipinski definition) is 3. The van der Waals surface area contributed by atoms with E-state index in [1.807, 2.05) is 32.0 Å². The van der Waals surface area contributed by atoms with Gasteiger partial charge in [-0.15, -0.1) is 0 Å². The van der Waals surface area contributed by atoms with Crippen LogP contribution in [0.25, 0.3) is 0 Å². The summed E-state index contributed by atoms with van der Waals surface area (Å²) in [6.45, 7) is 3.80. The van der Waals surface area contributed by atoms with Gasteiger partial charge in [-0.1, -0.05) is 30.3 Å². The third-order valence-electron chi connectivity index (χ3n) is 3.35. The van der Waals surface area contributed by atoms with Crippen LogP contribution in [0.15, 0.2) is 42.5 Å². The Morgan fingerprint density at radius 3 is 2.52 bits per heavy atom. The molecule has 0 atom stereocenters. The molecule has 2 aromatic carbocycles. The fourth-order valence-electron chi connectivity index (χ4n) is 2.03. The standard InChI is InChI=1S/C16H16N2O2S/c1-12-6-5-9-16(13(12)2)18-21(19,20)11-15-8-4-3-7-14(15)10-17/h3-9,18H,11H2,1-2H3. The second kappa shape index (κ2) is 5.98. The predicted octanol–water partition coefficient (Wildman–Crippen LogP) is 3.12. The molecular weight excluding hydrogens is 284 g/mol. The van der Waals surface area contributed by atoms with Crippen LogP contribution in [-0.4, -0.2) is 8.42 Å². The van der Waals surface area contributed by atoms with Gasteiger partial charge in [-0.25, -0.2) is 8.42 Å². The summed E-state index contributed by atoms with van der Waals surface area (Å²) in [7, 11) is -3.56. The lowest BCUT2D eigenvalue weighted by Crippen LogP contribution is -2.16. The molecule has 0 aliphatic carbocycles. The number of anilines is 1. The van der Waals surface area contributed by atoms with Gasteiger partial charge in [0.25, 0.3) is 0 Å². The van der Waals surface area contributed by atoms with E-state index in [9.17, 15) is 8.42 Å². The van der Waals surface area contributed by atoms with E-state index in [1.165, 1.54) is 0 Å². The molecule has 0 bridgehead atoms. The van der Waals surface area contributed by atoms with E-state index in [0.717, 1.165) is 11.1 Å². The monoisotopic (exact) mass is 300 g/mol. The lowest BCUT2D eigenvalue weighted by atomic mass is 10.1. The second-order valence-corrected chi connectivity index (χ2v) is 6.60. The van der Waals surface area contributed by atoms with E-state index in [4.69, 9.17) is 5.26 Å². The summed E-state index contributed by atoms with van der Waals surface area (Å²) < 4.78 is 27.2. The molecule has 0 saturated carbocycles. The Morgan fingerprint density at radius 1 is 1.10 bits per heavy atom. The van der Waals surface area contributed by atoms with Gasteiger partial charge in [0.2, 0.25) is 10.0 Å². The Hall–Kier alpha value is -2.32. The first kappa shape index (κ1) is 15.1. The van der Waals surface area contributed by atoms with E-state index in [-0.39, 0.29) is 5.75 Å². The van der Waals surface area contributed by atoms with Gasteiger partial charge in [0.05, 0.1) is 23.1 Å². The molecule has 2 rings (SSSR count). The lowest BCUT2D eigenvalue weighted by Gasteiger charge is -2.12. The van der Waals surface area contributed by atoms with E-state index >= 15 is 0 Å². The number of sulfonamides is 1. The first-order valence-corrected chi connectivity index (χ1v) is 8.13. The van der Waals surface area contributed by atoms with Crippen molar-refractivity contribution in [3.8, 4) is 6.07 Å². The highest BCUT2D eigenvalue weighted by Gasteiger charge is 2.15. The highest BCUT2D eigenvalue weighted by Crippen LogP contribution is 2.21. The van der Waals surface area contributed by atoms with Crippen LogP contribution in [-0.2, 0) is 15.8 Å². The fraction of sp³-hybridized carbons (Fsp3) is 0.188. The molecular formula is C16H16N2O2S. The van der Waals surface area contributed by atoms with Gasteiger partial charge in [0, 0.05) is 0 Å². The fourth-order valence-corrected chi connectivity index (χ4v) is 3.31. The summed E-state index contributed by atoms with van der Waals surface area (Å²) in [5, 5.41) is 9.02. The van der Waals surface area contributed by atoms with Gasteiger partial charge in [0.1, 0.15) is 0 Å². The molecule has 21 heavy (non-hydrogen) atoms. The van der Waals surface area contributed by atoms with Crippen LogP contribution in [0.4, 0.5) is 5.69 Å². The molecule has 4 nitrogen and oxygen atoms in total. The zero-order chi connectivity index (χ0) is 15.5. The van der Waals surface area contributed by atoms with Crippen molar-refractivity contribution < 1.29 is 8.42 Å². The maximum atomic E-state index is 12.3. The Balaban J connectivity index is 2.28. The van der Waals surface area contributed by atoms with Gasteiger partial charge < -0.3 is 0 Å². The van der Waals surface area contributed by atoms with Crippen LogP contribution < -0.4 is 4.72 Å². The summed E-state index contributed by atoms with van der Waals surface area (Å²) >= 11 is 0. The molecule has 0 aliphatic heterocycles. The van der Waals surface area contributed by atoms with Crippen molar-refractivity contribution >= 4 is 15.7 Å². The van der Waals surface area contributed by atoms with E-state index in [1.54, 1.807) is 30.3 Å². The SMILES string of the molecule is Cc1cccc(NS(=O)(=O)Cc2ccccc2C#N)c1C. The molecule has 108 valence electrons. The summed E-state index contributed by atoms with van der Waals surface area (Å²) in [6.07, 6.45) is 0. The van der Waals surface area contributed by atoms with Crippen LogP contribution in [0.5, 0.6) is 0 Å². The van der Waals surface area contributed by atoms with Crippen molar-refractivity contribution in [2.45, 2.75) is 19.6 Å². The van der Waals surface area contributed by atoms with Crippen LogP contribution >= 0.6 is 0 Å². The third kappa shape index (κ3) is 3.61. The van der Waals surface area contributed by atoms with Gasteiger partial charge in [-0.2, -0.15) is 5.26 Å². The predicted molar refractivity (Wildman–Crippen MR) is 83.3 cm³/mol. The Morgan fingerprint density at radius 2 is 1.81 bits per heavy atom. The zero-order valence-corrected chi connectivity index (χ0v) is 12.7.